The summed E-state index contributed by atoms with van der Waals surface area (Å²) in [5.74, 6) is 0. The van der Waals surface area contributed by atoms with Crippen molar-refractivity contribution in [2.75, 3.05) is 6.54 Å². The number of hydrogen-bond donors (Lipinski definition) is 1. The van der Waals surface area contributed by atoms with Gasteiger partial charge in [-0.25, -0.2) is 0 Å². The fourth-order valence-electron chi connectivity index (χ4n) is 2.62. The van der Waals surface area contributed by atoms with E-state index in [4.69, 9.17) is 0 Å². The van der Waals surface area contributed by atoms with Crippen LogP contribution in [0.25, 0.3) is 0 Å². The highest BCUT2D eigenvalue weighted by Crippen LogP contribution is 2.23. The predicted molar refractivity (Wildman–Crippen MR) is 88.5 cm³/mol. The molecule has 0 bridgehead atoms. The molecule has 0 radical (unpaired) electrons. The summed E-state index contributed by atoms with van der Waals surface area (Å²) in [7, 11) is 1.99. The molecule has 1 aromatic carbocycles. The van der Waals surface area contributed by atoms with E-state index in [1.54, 1.807) is 0 Å². The van der Waals surface area contributed by atoms with Crippen LogP contribution in [0.2, 0.25) is 0 Å². The molecule has 2 rings (SSSR count). The highest BCUT2D eigenvalue weighted by Gasteiger charge is 2.21. The third kappa shape index (κ3) is 4.43. The molecule has 1 heterocycles. The fraction of sp³-hybridized carbons (Fsp3) is 0.500. The van der Waals surface area contributed by atoms with Crippen LogP contribution in [0.3, 0.4) is 0 Å². The molecule has 0 unspecified atom stereocenters. The van der Waals surface area contributed by atoms with Crippen LogP contribution in [0.1, 0.15) is 43.2 Å². The summed E-state index contributed by atoms with van der Waals surface area (Å²) in [6.07, 6.45) is 3.19. The van der Waals surface area contributed by atoms with Gasteiger partial charge in [0.05, 0.1) is 5.69 Å². The minimum Gasteiger partial charge on any atom is -0.312 e. The summed E-state index contributed by atoms with van der Waals surface area (Å²) < 4.78 is 1.91. The van der Waals surface area contributed by atoms with Crippen molar-refractivity contribution in [1.29, 1.82) is 0 Å². The molecule has 21 heavy (non-hydrogen) atoms. The summed E-state index contributed by atoms with van der Waals surface area (Å²) in [6.45, 7) is 10.7. The Kier molecular flexibility index (Phi) is 4.84. The van der Waals surface area contributed by atoms with E-state index in [1.807, 2.05) is 11.7 Å². The van der Waals surface area contributed by atoms with E-state index in [9.17, 15) is 0 Å². The maximum absolute atomic E-state index is 4.61. The average molecular weight is 285 g/mol. The van der Waals surface area contributed by atoms with E-state index in [2.05, 4.69) is 68.6 Å². The SMILES string of the molecule is Cc1cccc(CCNCc2cn(C)nc2C(C)(C)C)c1. The van der Waals surface area contributed by atoms with Crippen LogP contribution in [0.15, 0.2) is 30.5 Å². The molecule has 0 aliphatic rings. The van der Waals surface area contributed by atoms with Gasteiger partial charge in [0.25, 0.3) is 0 Å². The number of hydrogen-bond acceptors (Lipinski definition) is 2. The second kappa shape index (κ2) is 6.44. The Morgan fingerprint density at radius 2 is 2.00 bits per heavy atom. The summed E-state index contributed by atoms with van der Waals surface area (Å²) in [5, 5.41) is 8.15. The second-order valence-electron chi connectivity index (χ2n) is 6.84. The van der Waals surface area contributed by atoms with Gasteiger partial charge in [0.2, 0.25) is 0 Å². The lowest BCUT2D eigenvalue weighted by Crippen LogP contribution is -2.20. The summed E-state index contributed by atoms with van der Waals surface area (Å²) >= 11 is 0. The third-order valence-electron chi connectivity index (χ3n) is 3.60. The Morgan fingerprint density at radius 1 is 1.24 bits per heavy atom. The molecule has 0 atom stereocenters. The first-order chi connectivity index (χ1) is 9.86. The molecular weight excluding hydrogens is 258 g/mol. The van der Waals surface area contributed by atoms with Crippen LogP contribution < -0.4 is 5.32 Å². The van der Waals surface area contributed by atoms with Crippen molar-refractivity contribution in [2.24, 2.45) is 7.05 Å². The highest BCUT2D eigenvalue weighted by molar-refractivity contribution is 5.24. The quantitative estimate of drug-likeness (QED) is 0.854. The van der Waals surface area contributed by atoms with Crippen LogP contribution in [-0.4, -0.2) is 16.3 Å². The molecule has 1 N–H and O–H groups in total. The maximum Gasteiger partial charge on any atom is 0.0722 e. The Bertz CT molecular complexity index is 591. The molecule has 0 saturated carbocycles. The summed E-state index contributed by atoms with van der Waals surface area (Å²) in [6, 6.07) is 8.72. The Hall–Kier alpha value is -1.61. The van der Waals surface area contributed by atoms with Gasteiger partial charge in [-0.15, -0.1) is 0 Å². The number of nitrogens with one attached hydrogen (secondary N) is 1. The number of nitrogens with zero attached hydrogens (tertiary/aromatic N) is 2. The first kappa shape index (κ1) is 15.8. The minimum absolute atomic E-state index is 0.0921. The van der Waals surface area contributed by atoms with Crippen LogP contribution in [-0.2, 0) is 25.4 Å². The zero-order valence-corrected chi connectivity index (χ0v) is 13.9. The van der Waals surface area contributed by atoms with Crippen LogP contribution >= 0.6 is 0 Å². The Balaban J connectivity index is 1.89. The van der Waals surface area contributed by atoms with Crippen molar-refractivity contribution in [3.05, 3.63) is 52.8 Å². The Labute approximate surface area is 128 Å². The lowest BCUT2D eigenvalue weighted by molar-refractivity contribution is 0.543. The summed E-state index contributed by atoms with van der Waals surface area (Å²) in [4.78, 5) is 0. The van der Waals surface area contributed by atoms with Crippen LogP contribution in [0.4, 0.5) is 0 Å². The second-order valence-corrected chi connectivity index (χ2v) is 6.84. The van der Waals surface area contributed by atoms with E-state index in [1.165, 1.54) is 22.4 Å². The standard InChI is InChI=1S/C18H27N3/c1-14-7-6-8-15(11-14)9-10-19-12-16-13-21(5)20-17(16)18(2,3)4/h6-8,11,13,19H,9-10,12H2,1-5H3. The number of rotatable bonds is 5. The zero-order chi connectivity index (χ0) is 15.5. The zero-order valence-electron chi connectivity index (χ0n) is 13.9. The first-order valence-electron chi connectivity index (χ1n) is 7.65. The van der Waals surface area contributed by atoms with Crippen molar-refractivity contribution >= 4 is 0 Å². The van der Waals surface area contributed by atoms with Gasteiger partial charge in [-0.05, 0) is 25.5 Å². The molecule has 2 aromatic rings. The molecule has 1 aromatic heterocycles. The maximum atomic E-state index is 4.61. The molecule has 0 fully saturated rings. The van der Waals surface area contributed by atoms with Crippen molar-refractivity contribution in [1.82, 2.24) is 15.1 Å². The molecule has 3 nitrogen and oxygen atoms in total. The van der Waals surface area contributed by atoms with Crippen molar-refractivity contribution in [3.63, 3.8) is 0 Å². The van der Waals surface area contributed by atoms with Crippen molar-refractivity contribution in [3.8, 4) is 0 Å². The smallest absolute Gasteiger partial charge is 0.0722 e. The van der Waals surface area contributed by atoms with E-state index < -0.39 is 0 Å². The molecule has 0 spiro atoms. The molecule has 0 aliphatic carbocycles. The van der Waals surface area contributed by atoms with E-state index in [-0.39, 0.29) is 5.41 Å². The normalized spacial score (nSPS) is 11.9. The van der Waals surface area contributed by atoms with E-state index in [0.717, 1.165) is 19.5 Å². The molecule has 0 amide bonds. The topological polar surface area (TPSA) is 29.9 Å². The molecule has 0 aliphatic heterocycles. The highest BCUT2D eigenvalue weighted by atomic mass is 15.3. The lowest BCUT2D eigenvalue weighted by atomic mass is 9.89. The van der Waals surface area contributed by atoms with Gasteiger partial charge in [0.1, 0.15) is 0 Å². The fourth-order valence-corrected chi connectivity index (χ4v) is 2.62. The molecule has 0 saturated heterocycles. The largest absolute Gasteiger partial charge is 0.312 e. The third-order valence-corrected chi connectivity index (χ3v) is 3.60. The Morgan fingerprint density at radius 3 is 2.67 bits per heavy atom. The molecule has 114 valence electrons. The van der Waals surface area contributed by atoms with Gasteiger partial charge in [-0.3, -0.25) is 4.68 Å². The molecule has 3 heteroatoms. The van der Waals surface area contributed by atoms with Gasteiger partial charge in [-0.2, -0.15) is 5.10 Å². The van der Waals surface area contributed by atoms with E-state index >= 15 is 0 Å². The van der Waals surface area contributed by atoms with Crippen molar-refractivity contribution in [2.45, 2.75) is 46.1 Å². The number of aromatic nitrogens is 2. The van der Waals surface area contributed by atoms with Gasteiger partial charge in [-0.1, -0.05) is 50.6 Å². The van der Waals surface area contributed by atoms with Gasteiger partial charge in [0.15, 0.2) is 0 Å². The molecular formula is C18H27N3. The average Bonchev–Trinajstić information content (AvgIpc) is 2.76. The minimum atomic E-state index is 0.0921. The van der Waals surface area contributed by atoms with E-state index in [0.29, 0.717) is 0 Å². The van der Waals surface area contributed by atoms with Crippen molar-refractivity contribution < 1.29 is 0 Å². The van der Waals surface area contributed by atoms with Gasteiger partial charge >= 0.3 is 0 Å². The van der Waals surface area contributed by atoms with Gasteiger partial charge < -0.3 is 5.32 Å². The van der Waals surface area contributed by atoms with Crippen LogP contribution in [0.5, 0.6) is 0 Å². The monoisotopic (exact) mass is 285 g/mol. The first-order valence-corrected chi connectivity index (χ1v) is 7.65. The number of benzene rings is 1. The summed E-state index contributed by atoms with van der Waals surface area (Å²) in [5.41, 5.74) is 5.30. The van der Waals surface area contributed by atoms with Gasteiger partial charge in [0, 0.05) is 30.8 Å². The lowest BCUT2D eigenvalue weighted by Gasteiger charge is -2.17. The predicted octanol–water partition coefficient (Wildman–Crippen LogP) is 3.36. The van der Waals surface area contributed by atoms with Crippen LogP contribution in [0, 0.1) is 6.92 Å². The number of aryl methyl sites for hydroxylation is 2.